The first kappa shape index (κ1) is 13.8. The zero-order valence-corrected chi connectivity index (χ0v) is 11.7. The molecule has 1 aromatic heterocycles. The maximum Gasteiger partial charge on any atom is 0.261 e. The van der Waals surface area contributed by atoms with Crippen molar-refractivity contribution in [2.45, 2.75) is 13.5 Å². The molecule has 1 aromatic carbocycles. The molecular formula is C14H11Cl2NO2. The van der Waals surface area contributed by atoms with E-state index in [4.69, 9.17) is 23.2 Å². The van der Waals surface area contributed by atoms with E-state index in [0.29, 0.717) is 28.6 Å². The molecule has 2 rings (SSSR count). The molecule has 3 nitrogen and oxygen atoms in total. The lowest BCUT2D eigenvalue weighted by Gasteiger charge is -2.12. The summed E-state index contributed by atoms with van der Waals surface area (Å²) in [6.45, 7) is 2.31. The van der Waals surface area contributed by atoms with E-state index in [1.807, 2.05) is 6.92 Å². The Bertz CT molecular complexity index is 692. The van der Waals surface area contributed by atoms with Crippen molar-refractivity contribution in [3.05, 3.63) is 56.3 Å². The number of aldehydes is 1. The van der Waals surface area contributed by atoms with Gasteiger partial charge in [-0.1, -0.05) is 29.3 Å². The van der Waals surface area contributed by atoms with Gasteiger partial charge in [0.25, 0.3) is 5.56 Å². The molecule has 1 heterocycles. The van der Waals surface area contributed by atoms with Crippen molar-refractivity contribution < 1.29 is 4.79 Å². The lowest BCUT2D eigenvalue weighted by molar-refractivity contribution is 0.112. The molecule has 0 aliphatic heterocycles. The van der Waals surface area contributed by atoms with Crippen molar-refractivity contribution in [1.29, 1.82) is 0 Å². The third-order valence-electron chi connectivity index (χ3n) is 2.86. The molecule has 0 aliphatic rings. The van der Waals surface area contributed by atoms with Crippen LogP contribution in [0.3, 0.4) is 0 Å². The van der Waals surface area contributed by atoms with E-state index in [9.17, 15) is 9.59 Å². The maximum atomic E-state index is 12.0. The fourth-order valence-electron chi connectivity index (χ4n) is 1.91. The van der Waals surface area contributed by atoms with Gasteiger partial charge in [0, 0.05) is 6.54 Å². The molecule has 0 radical (unpaired) electrons. The van der Waals surface area contributed by atoms with Crippen molar-refractivity contribution >= 4 is 29.5 Å². The number of aromatic nitrogens is 1. The summed E-state index contributed by atoms with van der Waals surface area (Å²) in [5.74, 6) is 0. The van der Waals surface area contributed by atoms with Gasteiger partial charge in [-0.15, -0.1) is 0 Å². The summed E-state index contributed by atoms with van der Waals surface area (Å²) in [4.78, 5) is 22.8. The third-order valence-corrected chi connectivity index (χ3v) is 3.60. The van der Waals surface area contributed by atoms with E-state index in [0.717, 1.165) is 5.56 Å². The van der Waals surface area contributed by atoms with Crippen LogP contribution in [0.2, 0.25) is 10.0 Å². The highest BCUT2D eigenvalue weighted by Crippen LogP contribution is 2.28. The molecule has 0 amide bonds. The minimum absolute atomic E-state index is 0.144. The van der Waals surface area contributed by atoms with Gasteiger partial charge >= 0.3 is 0 Å². The van der Waals surface area contributed by atoms with Crippen LogP contribution in [0.5, 0.6) is 0 Å². The summed E-state index contributed by atoms with van der Waals surface area (Å²) in [5.41, 5.74) is 1.33. The molecule has 0 spiro atoms. The fourth-order valence-corrected chi connectivity index (χ4v) is 2.20. The van der Waals surface area contributed by atoms with E-state index in [2.05, 4.69) is 0 Å². The predicted octanol–water partition coefficient (Wildman–Crippen LogP) is 3.65. The van der Waals surface area contributed by atoms with Gasteiger partial charge in [0.05, 0.1) is 21.3 Å². The molecule has 0 bridgehead atoms. The van der Waals surface area contributed by atoms with Crippen LogP contribution in [0.4, 0.5) is 0 Å². The summed E-state index contributed by atoms with van der Waals surface area (Å²) in [5, 5.41) is 0.883. The number of carbonyl (C=O) groups is 1. The normalized spacial score (nSPS) is 10.5. The van der Waals surface area contributed by atoms with Gasteiger partial charge in [-0.2, -0.15) is 0 Å². The topological polar surface area (TPSA) is 39.1 Å². The minimum Gasteiger partial charge on any atom is -0.308 e. The molecule has 2 aromatic rings. The van der Waals surface area contributed by atoms with Crippen LogP contribution in [0, 0.1) is 0 Å². The predicted molar refractivity (Wildman–Crippen MR) is 77.2 cm³/mol. The first-order chi connectivity index (χ1) is 9.08. The summed E-state index contributed by atoms with van der Waals surface area (Å²) in [6, 6.07) is 8.41. The molecule has 19 heavy (non-hydrogen) atoms. The Morgan fingerprint density at radius 3 is 2.47 bits per heavy atom. The molecule has 0 aliphatic carbocycles. The average molecular weight is 296 g/mol. The number of nitrogens with zero attached hydrogens (tertiary/aromatic N) is 1. The Morgan fingerprint density at radius 2 is 1.89 bits per heavy atom. The van der Waals surface area contributed by atoms with Crippen LogP contribution in [0.1, 0.15) is 17.3 Å². The van der Waals surface area contributed by atoms with Gasteiger partial charge in [0.2, 0.25) is 0 Å². The smallest absolute Gasteiger partial charge is 0.261 e. The summed E-state index contributed by atoms with van der Waals surface area (Å²) >= 11 is 11.9. The largest absolute Gasteiger partial charge is 0.308 e. The SMILES string of the molecule is CCn1c(-c2ccc(Cl)c(Cl)c2)ccc(C=O)c1=O. The second kappa shape index (κ2) is 5.59. The van der Waals surface area contributed by atoms with Crippen molar-refractivity contribution in [1.82, 2.24) is 4.57 Å². The Balaban J connectivity index is 2.68. The Hall–Kier alpha value is -1.58. The van der Waals surface area contributed by atoms with Gasteiger partial charge in [-0.05, 0) is 36.8 Å². The van der Waals surface area contributed by atoms with E-state index < -0.39 is 0 Å². The van der Waals surface area contributed by atoms with Crippen molar-refractivity contribution in [3.63, 3.8) is 0 Å². The number of rotatable bonds is 3. The Morgan fingerprint density at radius 1 is 1.16 bits per heavy atom. The number of halogens is 2. The van der Waals surface area contributed by atoms with E-state index in [1.165, 1.54) is 10.6 Å². The van der Waals surface area contributed by atoms with Gasteiger partial charge in [-0.3, -0.25) is 9.59 Å². The summed E-state index contributed by atoms with van der Waals surface area (Å²) < 4.78 is 1.53. The van der Waals surface area contributed by atoms with Crippen molar-refractivity contribution in [2.24, 2.45) is 0 Å². The fraction of sp³-hybridized carbons (Fsp3) is 0.143. The van der Waals surface area contributed by atoms with E-state index >= 15 is 0 Å². The van der Waals surface area contributed by atoms with Crippen LogP contribution in [-0.2, 0) is 6.54 Å². The standard InChI is InChI=1S/C14H11Cl2NO2/c1-2-17-13(6-4-10(8-18)14(17)19)9-3-5-11(15)12(16)7-9/h3-8H,2H2,1H3. The molecule has 0 atom stereocenters. The van der Waals surface area contributed by atoms with Crippen molar-refractivity contribution in [2.75, 3.05) is 0 Å². The Kier molecular flexibility index (Phi) is 4.08. The molecule has 0 unspecified atom stereocenters. The molecule has 98 valence electrons. The van der Waals surface area contributed by atoms with Gasteiger partial charge < -0.3 is 4.57 Å². The van der Waals surface area contributed by atoms with Crippen LogP contribution in [0.25, 0.3) is 11.3 Å². The molecule has 0 saturated carbocycles. The van der Waals surface area contributed by atoms with Crippen LogP contribution in [0.15, 0.2) is 35.1 Å². The molecular weight excluding hydrogens is 285 g/mol. The Labute approximate surface area is 120 Å². The number of hydrogen-bond donors (Lipinski definition) is 0. The quantitative estimate of drug-likeness (QED) is 0.811. The first-order valence-electron chi connectivity index (χ1n) is 5.73. The van der Waals surface area contributed by atoms with E-state index in [1.54, 1.807) is 24.3 Å². The monoisotopic (exact) mass is 295 g/mol. The van der Waals surface area contributed by atoms with Crippen LogP contribution >= 0.6 is 23.2 Å². The minimum atomic E-state index is -0.305. The third kappa shape index (κ3) is 2.57. The first-order valence-corrected chi connectivity index (χ1v) is 6.48. The highest BCUT2D eigenvalue weighted by Gasteiger charge is 2.10. The zero-order chi connectivity index (χ0) is 14.0. The second-order valence-corrected chi connectivity index (χ2v) is 4.78. The highest BCUT2D eigenvalue weighted by atomic mass is 35.5. The van der Waals surface area contributed by atoms with E-state index in [-0.39, 0.29) is 11.1 Å². The van der Waals surface area contributed by atoms with Crippen LogP contribution in [-0.4, -0.2) is 10.9 Å². The molecule has 0 saturated heterocycles. The number of benzene rings is 1. The van der Waals surface area contributed by atoms with Gasteiger partial charge in [0.15, 0.2) is 6.29 Å². The highest BCUT2D eigenvalue weighted by molar-refractivity contribution is 6.42. The second-order valence-electron chi connectivity index (χ2n) is 3.97. The lowest BCUT2D eigenvalue weighted by Crippen LogP contribution is -2.24. The number of carbonyl (C=O) groups excluding carboxylic acids is 1. The maximum absolute atomic E-state index is 12.0. The summed E-state index contributed by atoms with van der Waals surface area (Å²) in [7, 11) is 0. The van der Waals surface area contributed by atoms with Crippen LogP contribution < -0.4 is 5.56 Å². The average Bonchev–Trinajstić information content (AvgIpc) is 2.41. The number of pyridine rings is 1. The zero-order valence-electron chi connectivity index (χ0n) is 10.2. The summed E-state index contributed by atoms with van der Waals surface area (Å²) in [6.07, 6.45) is 0.563. The molecule has 0 N–H and O–H groups in total. The number of hydrogen-bond acceptors (Lipinski definition) is 2. The van der Waals surface area contributed by atoms with Gasteiger partial charge in [0.1, 0.15) is 0 Å². The van der Waals surface area contributed by atoms with Gasteiger partial charge in [-0.25, -0.2) is 0 Å². The lowest BCUT2D eigenvalue weighted by atomic mass is 10.1. The van der Waals surface area contributed by atoms with Crippen molar-refractivity contribution in [3.8, 4) is 11.3 Å². The molecule has 5 heteroatoms. The molecule has 0 fully saturated rings.